The molecule has 6 heteroatoms. The number of hydrogen-bond acceptors (Lipinski definition) is 4. The number of aromatic nitrogens is 2. The number of halogens is 1. The summed E-state index contributed by atoms with van der Waals surface area (Å²) in [4.78, 5) is 16.0. The van der Waals surface area contributed by atoms with Crippen molar-refractivity contribution in [2.45, 2.75) is 33.1 Å². The summed E-state index contributed by atoms with van der Waals surface area (Å²) in [5.41, 5.74) is 0.834. The van der Waals surface area contributed by atoms with Gasteiger partial charge in [0.15, 0.2) is 0 Å². The van der Waals surface area contributed by atoms with Crippen LogP contribution in [0.4, 0.5) is 0 Å². The van der Waals surface area contributed by atoms with Gasteiger partial charge in [-0.2, -0.15) is 4.98 Å². The number of nitrogens with one attached hydrogen (secondary N) is 1. The normalized spacial score (nSPS) is 10.9. The number of carbonyl (C=O) groups is 1. The number of benzene rings is 1. The minimum absolute atomic E-state index is 0.00638. The first-order valence-electron chi connectivity index (χ1n) is 7.40. The van der Waals surface area contributed by atoms with Crippen molar-refractivity contribution in [3.05, 3.63) is 35.2 Å². The minimum Gasteiger partial charge on any atom is -0.356 e. The van der Waals surface area contributed by atoms with E-state index < -0.39 is 0 Å². The molecule has 1 aromatic heterocycles. The Balaban J connectivity index is 1.82. The van der Waals surface area contributed by atoms with E-state index in [1.54, 1.807) is 12.1 Å². The maximum atomic E-state index is 11.7. The molecule has 1 N–H and O–H groups in total. The van der Waals surface area contributed by atoms with Crippen LogP contribution < -0.4 is 5.32 Å². The quantitative estimate of drug-likeness (QED) is 0.847. The lowest BCUT2D eigenvalue weighted by atomic mass is 10.1. The first kappa shape index (κ1) is 16.5. The van der Waals surface area contributed by atoms with Gasteiger partial charge < -0.3 is 9.84 Å². The molecule has 0 fully saturated rings. The summed E-state index contributed by atoms with van der Waals surface area (Å²) < 4.78 is 5.17. The number of amides is 1. The predicted octanol–water partition coefficient (Wildman–Crippen LogP) is 3.48. The Labute approximate surface area is 135 Å². The van der Waals surface area contributed by atoms with Crippen LogP contribution in [0.2, 0.25) is 5.02 Å². The van der Waals surface area contributed by atoms with E-state index in [4.69, 9.17) is 16.1 Å². The smallest absolute Gasteiger partial charge is 0.227 e. The van der Waals surface area contributed by atoms with Gasteiger partial charge in [0.25, 0.3) is 0 Å². The molecule has 1 aromatic carbocycles. The topological polar surface area (TPSA) is 68.0 Å². The molecule has 0 unspecified atom stereocenters. The van der Waals surface area contributed by atoms with E-state index in [9.17, 15) is 4.79 Å². The third-order valence-electron chi connectivity index (χ3n) is 3.18. The van der Waals surface area contributed by atoms with E-state index in [0.717, 1.165) is 12.0 Å². The second kappa shape index (κ2) is 7.94. The highest BCUT2D eigenvalue weighted by molar-refractivity contribution is 6.30. The molecule has 0 aliphatic carbocycles. The standard InChI is InChI=1S/C16H20ClN3O2/c1-11(2)9-10-18-14(21)7-8-15-19-16(20-22-15)12-3-5-13(17)6-4-12/h3-6,11H,7-10H2,1-2H3,(H,18,21). The fourth-order valence-electron chi connectivity index (χ4n) is 1.88. The summed E-state index contributed by atoms with van der Waals surface area (Å²) >= 11 is 5.84. The molecule has 0 radical (unpaired) electrons. The first-order valence-corrected chi connectivity index (χ1v) is 7.77. The summed E-state index contributed by atoms with van der Waals surface area (Å²) in [5, 5.41) is 7.46. The van der Waals surface area contributed by atoms with Crippen LogP contribution in [0.5, 0.6) is 0 Å². The number of rotatable bonds is 7. The number of nitrogens with zero attached hydrogens (tertiary/aromatic N) is 2. The molecule has 2 aromatic rings. The molecule has 0 atom stereocenters. The molecule has 1 heterocycles. The zero-order valence-corrected chi connectivity index (χ0v) is 13.6. The van der Waals surface area contributed by atoms with Crippen LogP contribution in [0.25, 0.3) is 11.4 Å². The SMILES string of the molecule is CC(C)CCNC(=O)CCc1nc(-c2ccc(Cl)cc2)no1. The molecule has 22 heavy (non-hydrogen) atoms. The van der Waals surface area contributed by atoms with Gasteiger partial charge in [0.05, 0.1) is 0 Å². The maximum Gasteiger partial charge on any atom is 0.227 e. The van der Waals surface area contributed by atoms with Gasteiger partial charge in [-0.25, -0.2) is 0 Å². The monoisotopic (exact) mass is 321 g/mol. The van der Waals surface area contributed by atoms with E-state index in [2.05, 4.69) is 29.3 Å². The van der Waals surface area contributed by atoms with Gasteiger partial charge in [0.1, 0.15) is 0 Å². The second-order valence-electron chi connectivity index (χ2n) is 5.55. The summed E-state index contributed by atoms with van der Waals surface area (Å²) in [6.45, 7) is 4.96. The van der Waals surface area contributed by atoms with E-state index in [1.807, 2.05) is 12.1 Å². The highest BCUT2D eigenvalue weighted by Crippen LogP contribution is 2.18. The Kier molecular flexibility index (Phi) is 5.95. The molecule has 0 saturated carbocycles. The van der Waals surface area contributed by atoms with E-state index in [1.165, 1.54) is 0 Å². The Hall–Kier alpha value is -1.88. The summed E-state index contributed by atoms with van der Waals surface area (Å²) in [6.07, 6.45) is 1.77. The predicted molar refractivity (Wildman–Crippen MR) is 85.5 cm³/mol. The second-order valence-corrected chi connectivity index (χ2v) is 5.99. The largest absolute Gasteiger partial charge is 0.356 e. The van der Waals surface area contributed by atoms with Crippen LogP contribution in [-0.4, -0.2) is 22.6 Å². The molecule has 0 bridgehead atoms. The van der Waals surface area contributed by atoms with Gasteiger partial charge in [-0.05, 0) is 36.6 Å². The first-order chi connectivity index (χ1) is 10.5. The molecule has 5 nitrogen and oxygen atoms in total. The number of hydrogen-bond donors (Lipinski definition) is 1. The van der Waals surface area contributed by atoms with Crippen molar-refractivity contribution in [1.29, 1.82) is 0 Å². The van der Waals surface area contributed by atoms with Crippen molar-refractivity contribution < 1.29 is 9.32 Å². The van der Waals surface area contributed by atoms with Crippen LogP contribution in [0.1, 0.15) is 32.6 Å². The Morgan fingerprint density at radius 2 is 2.05 bits per heavy atom. The number of carbonyl (C=O) groups excluding carboxylic acids is 1. The maximum absolute atomic E-state index is 11.7. The molecule has 1 amide bonds. The van der Waals surface area contributed by atoms with Crippen LogP contribution in [0.3, 0.4) is 0 Å². The van der Waals surface area contributed by atoms with Gasteiger partial charge in [0.2, 0.25) is 17.6 Å². The van der Waals surface area contributed by atoms with Crippen molar-refractivity contribution in [2.75, 3.05) is 6.54 Å². The molecular weight excluding hydrogens is 302 g/mol. The van der Waals surface area contributed by atoms with Crippen LogP contribution in [-0.2, 0) is 11.2 Å². The van der Waals surface area contributed by atoms with Crippen molar-refractivity contribution in [3.8, 4) is 11.4 Å². The highest BCUT2D eigenvalue weighted by atomic mass is 35.5. The summed E-state index contributed by atoms with van der Waals surface area (Å²) in [7, 11) is 0. The van der Waals surface area contributed by atoms with Crippen LogP contribution in [0.15, 0.2) is 28.8 Å². The van der Waals surface area contributed by atoms with Crippen molar-refractivity contribution >= 4 is 17.5 Å². The van der Waals surface area contributed by atoms with E-state index >= 15 is 0 Å². The zero-order chi connectivity index (χ0) is 15.9. The Morgan fingerprint density at radius 3 is 2.73 bits per heavy atom. The Morgan fingerprint density at radius 1 is 1.32 bits per heavy atom. The van der Waals surface area contributed by atoms with Gasteiger partial charge in [-0.3, -0.25) is 4.79 Å². The molecule has 118 valence electrons. The fraction of sp³-hybridized carbons (Fsp3) is 0.438. The average Bonchev–Trinajstić information content (AvgIpc) is 2.94. The van der Waals surface area contributed by atoms with Crippen molar-refractivity contribution in [3.63, 3.8) is 0 Å². The van der Waals surface area contributed by atoms with E-state index in [-0.39, 0.29) is 5.91 Å². The Bertz CT molecular complexity index is 608. The summed E-state index contributed by atoms with van der Waals surface area (Å²) in [6, 6.07) is 7.20. The van der Waals surface area contributed by atoms with Crippen molar-refractivity contribution in [1.82, 2.24) is 15.5 Å². The third kappa shape index (κ3) is 5.15. The average molecular weight is 322 g/mol. The lowest BCUT2D eigenvalue weighted by molar-refractivity contribution is -0.121. The van der Waals surface area contributed by atoms with Gasteiger partial charge in [-0.1, -0.05) is 30.6 Å². The summed E-state index contributed by atoms with van der Waals surface area (Å²) in [5.74, 6) is 1.56. The lowest BCUT2D eigenvalue weighted by Gasteiger charge is -2.05. The zero-order valence-electron chi connectivity index (χ0n) is 12.8. The van der Waals surface area contributed by atoms with Gasteiger partial charge >= 0.3 is 0 Å². The lowest BCUT2D eigenvalue weighted by Crippen LogP contribution is -2.25. The minimum atomic E-state index is 0.00638. The molecule has 0 aliphatic heterocycles. The third-order valence-corrected chi connectivity index (χ3v) is 3.43. The molecular formula is C16H20ClN3O2. The number of aryl methyl sites for hydroxylation is 1. The molecule has 0 saturated heterocycles. The molecule has 0 spiro atoms. The van der Waals surface area contributed by atoms with Crippen molar-refractivity contribution in [2.24, 2.45) is 5.92 Å². The van der Waals surface area contributed by atoms with Gasteiger partial charge in [0, 0.05) is 30.0 Å². The van der Waals surface area contributed by atoms with Crippen LogP contribution in [0, 0.1) is 5.92 Å². The highest BCUT2D eigenvalue weighted by Gasteiger charge is 2.10. The molecule has 0 aliphatic rings. The van der Waals surface area contributed by atoms with Crippen LogP contribution >= 0.6 is 11.6 Å². The van der Waals surface area contributed by atoms with E-state index in [0.29, 0.717) is 42.0 Å². The molecule has 2 rings (SSSR count). The van der Waals surface area contributed by atoms with Gasteiger partial charge in [-0.15, -0.1) is 0 Å². The fourth-order valence-corrected chi connectivity index (χ4v) is 2.01.